The van der Waals surface area contributed by atoms with Crippen LogP contribution in [0.15, 0.2) is 65.2 Å². The van der Waals surface area contributed by atoms with E-state index in [2.05, 4.69) is 15.2 Å². The van der Waals surface area contributed by atoms with Crippen LogP contribution in [0.3, 0.4) is 0 Å². The second-order valence-electron chi connectivity index (χ2n) is 7.88. The molecule has 7 nitrogen and oxygen atoms in total. The molecule has 3 aromatic rings. The van der Waals surface area contributed by atoms with E-state index in [1.165, 1.54) is 0 Å². The molecule has 1 saturated heterocycles. The fourth-order valence-corrected chi connectivity index (χ4v) is 3.78. The Hall–Kier alpha value is -3.16. The SMILES string of the molecule is Cc1ccc([C@H](CNC(=O)c2ccc(O[C@H](C)c3ccccc3)nc2)N2CCOCC2)o1. The third-order valence-corrected chi connectivity index (χ3v) is 5.60. The van der Waals surface area contributed by atoms with Gasteiger partial charge in [0, 0.05) is 31.9 Å². The molecule has 1 N–H and O–H groups in total. The molecule has 0 unspecified atom stereocenters. The van der Waals surface area contributed by atoms with Crippen LogP contribution in [-0.4, -0.2) is 48.6 Å². The van der Waals surface area contributed by atoms with Crippen molar-refractivity contribution in [3.63, 3.8) is 0 Å². The van der Waals surface area contributed by atoms with Crippen LogP contribution in [0.1, 0.15) is 46.5 Å². The predicted octanol–water partition coefficient (Wildman–Crippen LogP) is 3.93. The molecule has 7 heteroatoms. The largest absolute Gasteiger partial charge is 0.470 e. The number of aromatic nitrogens is 1. The molecule has 2 atom stereocenters. The van der Waals surface area contributed by atoms with Crippen molar-refractivity contribution in [1.82, 2.24) is 15.2 Å². The fourth-order valence-electron chi connectivity index (χ4n) is 3.78. The predicted molar refractivity (Wildman–Crippen MR) is 121 cm³/mol. The molecule has 1 aromatic carbocycles. The number of benzene rings is 1. The van der Waals surface area contributed by atoms with E-state index in [1.54, 1.807) is 18.3 Å². The number of aryl methyl sites for hydroxylation is 1. The Morgan fingerprint density at radius 2 is 1.91 bits per heavy atom. The standard InChI is InChI=1S/C25H29N3O4/c1-18-8-10-23(31-18)22(28-12-14-30-15-13-28)17-27-25(29)21-9-11-24(26-16-21)32-19(2)20-6-4-3-5-7-20/h3-11,16,19,22H,12-15,17H2,1-2H3,(H,27,29)/t19-,22+/m1/s1. The number of hydrogen-bond donors (Lipinski definition) is 1. The van der Waals surface area contributed by atoms with E-state index in [0.29, 0.717) is 31.2 Å². The van der Waals surface area contributed by atoms with Gasteiger partial charge < -0.3 is 19.2 Å². The van der Waals surface area contributed by atoms with Crippen molar-refractivity contribution in [1.29, 1.82) is 0 Å². The summed E-state index contributed by atoms with van der Waals surface area (Å²) in [5.74, 6) is 2.01. The minimum absolute atomic E-state index is 0.0427. The van der Waals surface area contributed by atoms with Crippen LogP contribution in [0.5, 0.6) is 5.88 Å². The summed E-state index contributed by atoms with van der Waals surface area (Å²) < 4.78 is 17.2. The van der Waals surface area contributed by atoms with Gasteiger partial charge >= 0.3 is 0 Å². The minimum atomic E-state index is -0.179. The van der Waals surface area contributed by atoms with Gasteiger partial charge in [0.2, 0.25) is 5.88 Å². The van der Waals surface area contributed by atoms with E-state index >= 15 is 0 Å². The first kappa shape index (κ1) is 22.0. The van der Waals surface area contributed by atoms with Crippen molar-refractivity contribution in [2.75, 3.05) is 32.8 Å². The summed E-state index contributed by atoms with van der Waals surface area (Å²) in [5.41, 5.74) is 1.56. The molecule has 1 amide bonds. The fraction of sp³-hybridized carbons (Fsp3) is 0.360. The number of ether oxygens (including phenoxy) is 2. The van der Waals surface area contributed by atoms with Gasteiger partial charge in [0.25, 0.3) is 5.91 Å². The second kappa shape index (κ2) is 10.4. The maximum Gasteiger partial charge on any atom is 0.252 e. The Labute approximate surface area is 188 Å². The molecular formula is C25H29N3O4. The van der Waals surface area contributed by atoms with E-state index in [9.17, 15) is 4.79 Å². The molecule has 4 rings (SSSR count). The summed E-state index contributed by atoms with van der Waals surface area (Å²) in [6.45, 7) is 7.29. The molecule has 0 radical (unpaired) electrons. The first-order chi connectivity index (χ1) is 15.6. The average molecular weight is 436 g/mol. The first-order valence-corrected chi connectivity index (χ1v) is 10.9. The number of hydrogen-bond acceptors (Lipinski definition) is 6. The van der Waals surface area contributed by atoms with Crippen LogP contribution in [0.25, 0.3) is 0 Å². The lowest BCUT2D eigenvalue weighted by molar-refractivity contribution is 0.0117. The highest BCUT2D eigenvalue weighted by Crippen LogP contribution is 2.24. The summed E-state index contributed by atoms with van der Waals surface area (Å²) in [6.07, 6.45) is 1.41. The zero-order valence-electron chi connectivity index (χ0n) is 18.5. The van der Waals surface area contributed by atoms with Gasteiger partial charge in [-0.2, -0.15) is 0 Å². The molecule has 0 bridgehead atoms. The number of carbonyl (C=O) groups is 1. The Bertz CT molecular complexity index is 998. The van der Waals surface area contributed by atoms with Crippen molar-refractivity contribution >= 4 is 5.91 Å². The zero-order valence-corrected chi connectivity index (χ0v) is 18.5. The highest BCUT2D eigenvalue weighted by Gasteiger charge is 2.26. The lowest BCUT2D eigenvalue weighted by Gasteiger charge is -2.33. The van der Waals surface area contributed by atoms with Crippen LogP contribution in [0.4, 0.5) is 0 Å². The summed E-state index contributed by atoms with van der Waals surface area (Å²) in [7, 11) is 0. The van der Waals surface area contributed by atoms with Gasteiger partial charge in [-0.1, -0.05) is 30.3 Å². The number of morpholine rings is 1. The van der Waals surface area contributed by atoms with E-state index in [4.69, 9.17) is 13.9 Å². The number of nitrogens with zero attached hydrogens (tertiary/aromatic N) is 2. The van der Waals surface area contributed by atoms with Crippen molar-refractivity contribution in [3.05, 3.63) is 83.4 Å². The number of furan rings is 1. The monoisotopic (exact) mass is 435 g/mol. The van der Waals surface area contributed by atoms with E-state index in [0.717, 1.165) is 30.2 Å². The quantitative estimate of drug-likeness (QED) is 0.578. The molecule has 0 saturated carbocycles. The molecule has 0 aliphatic carbocycles. The first-order valence-electron chi connectivity index (χ1n) is 10.9. The molecule has 3 heterocycles. The second-order valence-corrected chi connectivity index (χ2v) is 7.88. The zero-order chi connectivity index (χ0) is 22.3. The van der Waals surface area contributed by atoms with Gasteiger partial charge in [-0.15, -0.1) is 0 Å². The van der Waals surface area contributed by atoms with Gasteiger partial charge in [-0.3, -0.25) is 9.69 Å². The van der Waals surface area contributed by atoms with Crippen molar-refractivity contribution in [3.8, 4) is 5.88 Å². The smallest absolute Gasteiger partial charge is 0.252 e. The van der Waals surface area contributed by atoms with Gasteiger partial charge in [-0.25, -0.2) is 4.98 Å². The van der Waals surface area contributed by atoms with Crippen LogP contribution >= 0.6 is 0 Å². The van der Waals surface area contributed by atoms with Crippen LogP contribution in [-0.2, 0) is 4.74 Å². The highest BCUT2D eigenvalue weighted by atomic mass is 16.5. The Kier molecular flexibility index (Phi) is 7.19. The molecular weight excluding hydrogens is 406 g/mol. The molecule has 1 aliphatic rings. The average Bonchev–Trinajstić information content (AvgIpc) is 3.26. The van der Waals surface area contributed by atoms with Gasteiger partial charge in [-0.05, 0) is 37.6 Å². The summed E-state index contributed by atoms with van der Waals surface area (Å²) in [5, 5.41) is 3.03. The van der Waals surface area contributed by atoms with E-state index in [-0.39, 0.29) is 18.1 Å². The molecule has 1 fully saturated rings. The van der Waals surface area contributed by atoms with Gasteiger partial charge in [0.05, 0.1) is 24.8 Å². The van der Waals surface area contributed by atoms with Crippen molar-refractivity contribution < 1.29 is 18.7 Å². The van der Waals surface area contributed by atoms with E-state index < -0.39 is 0 Å². The number of amides is 1. The van der Waals surface area contributed by atoms with Gasteiger partial charge in [0.15, 0.2) is 0 Å². The Morgan fingerprint density at radius 1 is 1.12 bits per heavy atom. The minimum Gasteiger partial charge on any atom is -0.470 e. The number of nitrogens with one attached hydrogen (secondary N) is 1. The van der Waals surface area contributed by atoms with E-state index in [1.807, 2.05) is 56.3 Å². The molecule has 2 aromatic heterocycles. The summed E-state index contributed by atoms with van der Waals surface area (Å²) in [4.78, 5) is 19.4. The Balaban J connectivity index is 1.37. The molecule has 0 spiro atoms. The third kappa shape index (κ3) is 5.55. The summed E-state index contributed by atoms with van der Waals surface area (Å²) in [6, 6.07) is 17.3. The maximum atomic E-state index is 12.8. The number of rotatable bonds is 8. The lowest BCUT2D eigenvalue weighted by atomic mass is 10.1. The molecule has 32 heavy (non-hydrogen) atoms. The highest BCUT2D eigenvalue weighted by molar-refractivity contribution is 5.93. The number of pyridine rings is 1. The maximum absolute atomic E-state index is 12.8. The van der Waals surface area contributed by atoms with Gasteiger partial charge in [0.1, 0.15) is 17.6 Å². The van der Waals surface area contributed by atoms with Crippen molar-refractivity contribution in [2.45, 2.75) is 26.0 Å². The lowest BCUT2D eigenvalue weighted by Crippen LogP contribution is -2.43. The summed E-state index contributed by atoms with van der Waals surface area (Å²) >= 11 is 0. The third-order valence-electron chi connectivity index (χ3n) is 5.60. The molecule has 1 aliphatic heterocycles. The Morgan fingerprint density at radius 3 is 2.56 bits per heavy atom. The number of carbonyl (C=O) groups excluding carboxylic acids is 1. The van der Waals surface area contributed by atoms with Crippen molar-refractivity contribution in [2.24, 2.45) is 0 Å². The molecule has 168 valence electrons. The van der Waals surface area contributed by atoms with Crippen LogP contribution in [0.2, 0.25) is 0 Å². The normalized spacial score (nSPS) is 16.3. The van der Waals surface area contributed by atoms with Crippen LogP contribution < -0.4 is 10.1 Å². The van der Waals surface area contributed by atoms with Crippen LogP contribution in [0, 0.1) is 6.92 Å². The topological polar surface area (TPSA) is 76.8 Å².